The van der Waals surface area contributed by atoms with E-state index in [2.05, 4.69) is 71.9 Å². The minimum atomic E-state index is -0.169. The topological polar surface area (TPSA) is 73.4 Å². The summed E-state index contributed by atoms with van der Waals surface area (Å²) in [7, 11) is 0. The van der Waals surface area contributed by atoms with Crippen molar-refractivity contribution in [2.75, 3.05) is 19.7 Å². The van der Waals surface area contributed by atoms with E-state index in [0.717, 1.165) is 36.0 Å². The van der Waals surface area contributed by atoms with Crippen molar-refractivity contribution in [1.29, 1.82) is 0 Å². The third-order valence-electron chi connectivity index (χ3n) is 6.62. The summed E-state index contributed by atoms with van der Waals surface area (Å²) in [6.07, 6.45) is 2.99. The second-order valence-electron chi connectivity index (χ2n) is 9.15. The molecule has 3 heterocycles. The van der Waals surface area contributed by atoms with Crippen LogP contribution in [0.15, 0.2) is 47.1 Å². The summed E-state index contributed by atoms with van der Waals surface area (Å²) in [5, 5.41) is 5.45. The zero-order chi connectivity index (χ0) is 23.8. The van der Waals surface area contributed by atoms with Gasteiger partial charge in [-0.05, 0) is 75.1 Å². The molecule has 1 aliphatic heterocycles. The van der Waals surface area contributed by atoms with E-state index in [9.17, 15) is 4.79 Å². The zero-order valence-electron chi connectivity index (χ0n) is 20.2. The molecule has 0 fully saturated rings. The van der Waals surface area contributed by atoms with Crippen LogP contribution < -0.4 is 0 Å². The molecule has 0 aliphatic carbocycles. The molecule has 0 amide bonds. The average Bonchev–Trinajstić information content (AvgIpc) is 3.46. The van der Waals surface area contributed by atoms with Crippen LogP contribution in [0.25, 0.3) is 33.7 Å². The first-order chi connectivity index (χ1) is 16.4. The maximum absolute atomic E-state index is 11.9. The molecule has 34 heavy (non-hydrogen) atoms. The van der Waals surface area contributed by atoms with Gasteiger partial charge < -0.3 is 13.8 Å². The van der Waals surface area contributed by atoms with Crippen LogP contribution in [-0.4, -0.2) is 45.3 Å². The Labute approximate surface area is 199 Å². The number of fused-ring (bicyclic) bond motifs is 2. The molecule has 7 nitrogen and oxygen atoms in total. The quantitative estimate of drug-likeness (QED) is 0.371. The van der Waals surface area contributed by atoms with E-state index < -0.39 is 0 Å². The zero-order valence-corrected chi connectivity index (χ0v) is 20.2. The molecule has 2 aromatic heterocycles. The molecule has 1 aliphatic rings. The molecule has 0 spiro atoms. The molecule has 7 heteroatoms. The van der Waals surface area contributed by atoms with E-state index in [0.29, 0.717) is 30.9 Å². The van der Waals surface area contributed by atoms with Gasteiger partial charge in [0.2, 0.25) is 5.82 Å². The summed E-state index contributed by atoms with van der Waals surface area (Å²) in [4.78, 5) is 18.7. The van der Waals surface area contributed by atoms with Gasteiger partial charge in [-0.1, -0.05) is 17.3 Å². The van der Waals surface area contributed by atoms with Crippen molar-refractivity contribution in [2.45, 2.75) is 46.7 Å². The number of nitrogens with zero attached hydrogens (tertiary/aromatic N) is 4. The fourth-order valence-corrected chi connectivity index (χ4v) is 4.86. The Hall–Kier alpha value is -3.45. The normalized spacial score (nSPS) is 14.0. The number of aromatic nitrogens is 3. The van der Waals surface area contributed by atoms with Crippen molar-refractivity contribution in [3.05, 3.63) is 59.3 Å². The number of hydrogen-bond donors (Lipinski definition) is 0. The summed E-state index contributed by atoms with van der Waals surface area (Å²) < 4.78 is 13.0. The van der Waals surface area contributed by atoms with E-state index in [-0.39, 0.29) is 5.97 Å². The van der Waals surface area contributed by atoms with Gasteiger partial charge in [0.1, 0.15) is 0 Å². The van der Waals surface area contributed by atoms with Gasteiger partial charge in [0.15, 0.2) is 0 Å². The predicted molar refractivity (Wildman–Crippen MR) is 131 cm³/mol. The van der Waals surface area contributed by atoms with Gasteiger partial charge in [0.25, 0.3) is 5.89 Å². The lowest BCUT2D eigenvalue weighted by Crippen LogP contribution is -2.35. The van der Waals surface area contributed by atoms with E-state index in [1.165, 1.54) is 22.2 Å². The highest BCUT2D eigenvalue weighted by Crippen LogP contribution is 2.32. The Kier molecular flexibility index (Phi) is 5.96. The molecule has 2 aromatic carbocycles. The van der Waals surface area contributed by atoms with Gasteiger partial charge >= 0.3 is 5.97 Å². The second kappa shape index (κ2) is 9.06. The summed E-state index contributed by atoms with van der Waals surface area (Å²) >= 11 is 0. The third kappa shape index (κ3) is 4.12. The number of carbonyl (C=O) groups is 1. The van der Waals surface area contributed by atoms with Crippen molar-refractivity contribution in [3.63, 3.8) is 0 Å². The van der Waals surface area contributed by atoms with Crippen molar-refractivity contribution in [3.8, 4) is 22.8 Å². The number of ether oxygens (including phenoxy) is 1. The number of benzene rings is 2. The van der Waals surface area contributed by atoms with Crippen LogP contribution in [0.1, 0.15) is 43.5 Å². The Morgan fingerprint density at radius 2 is 2.06 bits per heavy atom. The molecule has 0 unspecified atom stereocenters. The maximum atomic E-state index is 11.9. The van der Waals surface area contributed by atoms with Crippen molar-refractivity contribution in [2.24, 2.45) is 0 Å². The standard InChI is InChI=1S/C27H30N4O3/c1-5-33-25(32)16-30-12-11-22-18(4)23(8-6-21(22)15-30)26-28-27(34-29-26)20-7-9-24-19(14-20)10-13-31(24)17(2)3/h6-10,13-14,17H,5,11-12,15-16H2,1-4H3. The van der Waals surface area contributed by atoms with Crippen LogP contribution in [0.5, 0.6) is 0 Å². The van der Waals surface area contributed by atoms with E-state index in [1.54, 1.807) is 0 Å². The van der Waals surface area contributed by atoms with Gasteiger partial charge in [-0.2, -0.15) is 4.98 Å². The summed E-state index contributed by atoms with van der Waals surface area (Å²) in [5.74, 6) is 0.952. The molecule has 5 rings (SSSR count). The first-order valence-corrected chi connectivity index (χ1v) is 11.9. The number of esters is 1. The van der Waals surface area contributed by atoms with Gasteiger partial charge in [-0.3, -0.25) is 9.69 Å². The lowest BCUT2D eigenvalue weighted by atomic mass is 9.91. The Balaban J connectivity index is 1.39. The molecule has 0 N–H and O–H groups in total. The maximum Gasteiger partial charge on any atom is 0.320 e. The summed E-state index contributed by atoms with van der Waals surface area (Å²) in [6.45, 7) is 10.6. The molecule has 0 saturated heterocycles. The fraction of sp³-hybridized carbons (Fsp3) is 0.370. The van der Waals surface area contributed by atoms with Crippen molar-refractivity contribution >= 4 is 16.9 Å². The fourth-order valence-electron chi connectivity index (χ4n) is 4.86. The molecule has 0 radical (unpaired) electrons. The minimum absolute atomic E-state index is 0.169. The molecule has 4 aromatic rings. The molecular weight excluding hydrogens is 428 g/mol. The molecular formula is C27H30N4O3. The second-order valence-corrected chi connectivity index (χ2v) is 9.15. The van der Waals surface area contributed by atoms with Gasteiger partial charge in [0, 0.05) is 47.4 Å². The van der Waals surface area contributed by atoms with Gasteiger partial charge in [-0.15, -0.1) is 0 Å². The van der Waals surface area contributed by atoms with E-state index in [4.69, 9.17) is 14.2 Å². The molecule has 176 valence electrons. The van der Waals surface area contributed by atoms with Crippen LogP contribution in [-0.2, 0) is 22.5 Å². The predicted octanol–water partition coefficient (Wildman–Crippen LogP) is 5.17. The van der Waals surface area contributed by atoms with Gasteiger partial charge in [0.05, 0.1) is 13.2 Å². The van der Waals surface area contributed by atoms with Crippen LogP contribution in [0.3, 0.4) is 0 Å². The lowest BCUT2D eigenvalue weighted by molar-refractivity contribution is -0.144. The SMILES string of the molecule is CCOC(=O)CN1CCc2c(ccc(-c3noc(-c4ccc5c(ccn5C(C)C)c4)n3)c2C)C1. The summed E-state index contributed by atoms with van der Waals surface area (Å²) in [6, 6.07) is 13.0. The first-order valence-electron chi connectivity index (χ1n) is 11.9. The minimum Gasteiger partial charge on any atom is -0.465 e. The summed E-state index contributed by atoms with van der Waals surface area (Å²) in [5.41, 5.74) is 6.81. The van der Waals surface area contributed by atoms with Crippen molar-refractivity contribution in [1.82, 2.24) is 19.6 Å². The van der Waals surface area contributed by atoms with E-state index >= 15 is 0 Å². The first kappa shape index (κ1) is 22.3. The van der Waals surface area contributed by atoms with Crippen LogP contribution >= 0.6 is 0 Å². The Morgan fingerprint density at radius 3 is 2.85 bits per heavy atom. The van der Waals surface area contributed by atoms with Crippen LogP contribution in [0.4, 0.5) is 0 Å². The van der Waals surface area contributed by atoms with E-state index in [1.807, 2.05) is 13.0 Å². The molecule has 0 saturated carbocycles. The number of rotatable bonds is 6. The molecule has 0 bridgehead atoms. The smallest absolute Gasteiger partial charge is 0.320 e. The van der Waals surface area contributed by atoms with Gasteiger partial charge in [-0.25, -0.2) is 0 Å². The van der Waals surface area contributed by atoms with Crippen LogP contribution in [0.2, 0.25) is 0 Å². The highest BCUT2D eigenvalue weighted by Gasteiger charge is 2.23. The number of hydrogen-bond acceptors (Lipinski definition) is 6. The van der Waals surface area contributed by atoms with Crippen LogP contribution in [0, 0.1) is 6.92 Å². The number of carbonyl (C=O) groups excluding carboxylic acids is 1. The Bertz CT molecular complexity index is 1350. The Morgan fingerprint density at radius 1 is 1.21 bits per heavy atom. The lowest BCUT2D eigenvalue weighted by Gasteiger charge is -2.29. The highest BCUT2D eigenvalue weighted by atomic mass is 16.5. The van der Waals surface area contributed by atoms with Crippen molar-refractivity contribution < 1.29 is 14.1 Å². The average molecular weight is 459 g/mol. The monoisotopic (exact) mass is 458 g/mol. The largest absolute Gasteiger partial charge is 0.465 e. The third-order valence-corrected chi connectivity index (χ3v) is 6.62. The highest BCUT2D eigenvalue weighted by molar-refractivity contribution is 5.84. The molecule has 0 atom stereocenters.